The van der Waals surface area contributed by atoms with Gasteiger partial charge in [0.2, 0.25) is 11.8 Å². The summed E-state index contributed by atoms with van der Waals surface area (Å²) in [4.78, 5) is 33.6. The normalized spacial score (nSPS) is 15.1. The first-order valence-corrected chi connectivity index (χ1v) is 11.9. The topological polar surface area (TPSA) is 61.8 Å². The molecule has 5 rings (SSSR count). The van der Waals surface area contributed by atoms with Gasteiger partial charge in [0, 0.05) is 21.7 Å². The van der Waals surface area contributed by atoms with Crippen LogP contribution in [0.15, 0.2) is 47.5 Å². The minimum Gasteiger partial charge on any atom is -0.324 e. The van der Waals surface area contributed by atoms with E-state index in [0.717, 1.165) is 52.2 Å². The summed E-state index contributed by atoms with van der Waals surface area (Å²) in [5.74, 6) is -0.778. The highest BCUT2D eigenvalue weighted by molar-refractivity contribution is 7.17. The molecule has 0 unspecified atom stereocenters. The van der Waals surface area contributed by atoms with E-state index in [1.807, 2.05) is 32.0 Å². The Hall–Kier alpha value is -3.32. The van der Waals surface area contributed by atoms with Crippen molar-refractivity contribution >= 4 is 39.6 Å². The fraction of sp³-hybridized carbons (Fsp3) is 0.269. The molecule has 0 radical (unpaired) electrons. The fourth-order valence-electron chi connectivity index (χ4n) is 4.59. The lowest BCUT2D eigenvalue weighted by Crippen LogP contribution is -2.39. The van der Waals surface area contributed by atoms with Crippen LogP contribution in [0.3, 0.4) is 0 Å². The number of aryl methyl sites for hydroxylation is 3. The van der Waals surface area contributed by atoms with Crippen molar-refractivity contribution in [3.8, 4) is 0 Å². The van der Waals surface area contributed by atoms with Crippen LogP contribution in [0.5, 0.6) is 0 Å². The molecule has 33 heavy (non-hydrogen) atoms. The number of rotatable bonds is 4. The number of carbonyl (C=O) groups excluding carboxylic acids is 2. The molecule has 1 N–H and O–H groups in total. The van der Waals surface area contributed by atoms with E-state index in [1.165, 1.54) is 22.6 Å². The van der Waals surface area contributed by atoms with Gasteiger partial charge in [-0.25, -0.2) is 4.39 Å². The molecule has 2 aliphatic rings. The van der Waals surface area contributed by atoms with Gasteiger partial charge in [-0.05, 0) is 74.1 Å². The van der Waals surface area contributed by atoms with Gasteiger partial charge in [0.05, 0.1) is 5.71 Å². The molecule has 1 aliphatic carbocycles. The monoisotopic (exact) mass is 461 g/mol. The third kappa shape index (κ3) is 3.97. The summed E-state index contributed by atoms with van der Waals surface area (Å²) in [6, 6.07) is 12.1. The number of anilines is 2. The van der Waals surface area contributed by atoms with E-state index in [0.29, 0.717) is 5.71 Å². The Bertz CT molecular complexity index is 1270. The number of carbonyl (C=O) groups is 2. The van der Waals surface area contributed by atoms with Gasteiger partial charge < -0.3 is 5.32 Å². The number of nitrogens with zero attached hydrogens (tertiary/aromatic N) is 2. The first-order chi connectivity index (χ1) is 15.9. The van der Waals surface area contributed by atoms with Crippen molar-refractivity contribution in [1.29, 1.82) is 0 Å². The molecule has 1 aromatic heterocycles. The van der Waals surface area contributed by atoms with Crippen molar-refractivity contribution in [2.75, 3.05) is 23.3 Å². The molecular weight excluding hydrogens is 437 g/mol. The molecule has 5 nitrogen and oxygen atoms in total. The van der Waals surface area contributed by atoms with Crippen LogP contribution in [0.1, 0.15) is 39.1 Å². The largest absolute Gasteiger partial charge is 0.324 e. The van der Waals surface area contributed by atoms with E-state index in [-0.39, 0.29) is 30.7 Å². The van der Waals surface area contributed by atoms with Gasteiger partial charge in [0.1, 0.15) is 23.9 Å². The van der Waals surface area contributed by atoms with Crippen molar-refractivity contribution in [3.63, 3.8) is 0 Å². The molecule has 0 atom stereocenters. The molecule has 0 saturated carbocycles. The quantitative estimate of drug-likeness (QED) is 0.606. The second-order valence-electron chi connectivity index (χ2n) is 8.50. The minimum atomic E-state index is -0.315. The number of fused-ring (bicyclic) bond motifs is 3. The Morgan fingerprint density at radius 2 is 1.85 bits per heavy atom. The summed E-state index contributed by atoms with van der Waals surface area (Å²) in [7, 11) is 0. The molecule has 7 heteroatoms. The number of amides is 2. The summed E-state index contributed by atoms with van der Waals surface area (Å²) < 4.78 is 13.5. The molecule has 0 spiro atoms. The second-order valence-corrected chi connectivity index (χ2v) is 9.59. The SMILES string of the molecule is Cc1cccc(C)c1NC(=O)CN1C(=O)CN=C(c2ccc(F)cc2)c2c1sc1c2CCC1. The van der Waals surface area contributed by atoms with Gasteiger partial charge >= 0.3 is 0 Å². The van der Waals surface area contributed by atoms with Gasteiger partial charge in [0.25, 0.3) is 0 Å². The Morgan fingerprint density at radius 3 is 2.58 bits per heavy atom. The summed E-state index contributed by atoms with van der Waals surface area (Å²) in [6.45, 7) is 3.76. The standard InChI is InChI=1S/C26H24FN3O2S/c1-15-5-3-6-16(2)24(15)29-21(31)14-30-22(32)13-28-25(17-9-11-18(27)12-10-17)23-19-7-4-8-20(19)33-26(23)30/h3,5-6,9-12H,4,7-8,13-14H2,1-2H3,(H,29,31). The van der Waals surface area contributed by atoms with E-state index < -0.39 is 0 Å². The number of hydrogen-bond donors (Lipinski definition) is 1. The van der Waals surface area contributed by atoms with Crippen molar-refractivity contribution in [3.05, 3.63) is 81.0 Å². The first kappa shape index (κ1) is 21.5. The van der Waals surface area contributed by atoms with Crippen molar-refractivity contribution < 1.29 is 14.0 Å². The molecule has 168 valence electrons. The van der Waals surface area contributed by atoms with Crippen molar-refractivity contribution in [1.82, 2.24) is 0 Å². The molecule has 0 bridgehead atoms. The number of para-hydroxylation sites is 1. The molecule has 2 heterocycles. The van der Waals surface area contributed by atoms with E-state index in [2.05, 4.69) is 10.3 Å². The highest BCUT2D eigenvalue weighted by Crippen LogP contribution is 2.43. The molecule has 0 saturated heterocycles. The van der Waals surface area contributed by atoms with Crippen molar-refractivity contribution in [2.45, 2.75) is 33.1 Å². The van der Waals surface area contributed by atoms with E-state index >= 15 is 0 Å². The van der Waals surface area contributed by atoms with Crippen LogP contribution in [-0.4, -0.2) is 30.6 Å². The maximum Gasteiger partial charge on any atom is 0.249 e. The zero-order chi connectivity index (χ0) is 23.1. The lowest BCUT2D eigenvalue weighted by Gasteiger charge is -2.21. The Labute approximate surface area is 196 Å². The highest BCUT2D eigenvalue weighted by Gasteiger charge is 2.34. The zero-order valence-electron chi connectivity index (χ0n) is 18.6. The average Bonchev–Trinajstić information content (AvgIpc) is 3.35. The Balaban J connectivity index is 1.51. The molecule has 0 fully saturated rings. The number of halogens is 1. The Kier molecular flexibility index (Phi) is 5.58. The number of aliphatic imine (C=N–C) groups is 1. The molecule has 2 aromatic carbocycles. The van der Waals surface area contributed by atoms with E-state index in [9.17, 15) is 14.0 Å². The van der Waals surface area contributed by atoms with Crippen LogP contribution in [-0.2, 0) is 22.4 Å². The summed E-state index contributed by atoms with van der Waals surface area (Å²) >= 11 is 1.58. The fourth-order valence-corrected chi connectivity index (χ4v) is 5.99. The van der Waals surface area contributed by atoms with Crippen LogP contribution in [0, 0.1) is 19.7 Å². The Morgan fingerprint density at radius 1 is 1.12 bits per heavy atom. The predicted octanol–water partition coefficient (Wildman–Crippen LogP) is 4.82. The van der Waals surface area contributed by atoms with Crippen LogP contribution in [0.2, 0.25) is 0 Å². The third-order valence-electron chi connectivity index (χ3n) is 6.22. The molecular formula is C26H24FN3O2S. The molecule has 3 aromatic rings. The van der Waals surface area contributed by atoms with Gasteiger partial charge in [-0.2, -0.15) is 0 Å². The lowest BCUT2D eigenvalue weighted by atomic mass is 9.99. The van der Waals surface area contributed by atoms with Gasteiger partial charge in [-0.1, -0.05) is 18.2 Å². The molecule has 2 amide bonds. The number of benzene rings is 2. The molecule has 1 aliphatic heterocycles. The van der Waals surface area contributed by atoms with Crippen LogP contribution in [0.4, 0.5) is 15.1 Å². The van der Waals surface area contributed by atoms with Gasteiger partial charge in [-0.3, -0.25) is 19.5 Å². The average molecular weight is 462 g/mol. The summed E-state index contributed by atoms with van der Waals surface area (Å²) in [5, 5.41) is 3.75. The van der Waals surface area contributed by atoms with Crippen LogP contribution in [0.25, 0.3) is 0 Å². The maximum absolute atomic E-state index is 13.5. The number of hydrogen-bond acceptors (Lipinski definition) is 4. The van der Waals surface area contributed by atoms with Crippen LogP contribution >= 0.6 is 11.3 Å². The lowest BCUT2D eigenvalue weighted by molar-refractivity contribution is -0.120. The van der Waals surface area contributed by atoms with E-state index in [1.54, 1.807) is 28.4 Å². The van der Waals surface area contributed by atoms with Crippen molar-refractivity contribution in [2.24, 2.45) is 4.99 Å². The summed E-state index contributed by atoms with van der Waals surface area (Å²) in [5.41, 5.74) is 6.33. The number of thiophene rings is 1. The zero-order valence-corrected chi connectivity index (χ0v) is 19.4. The smallest absolute Gasteiger partial charge is 0.249 e. The maximum atomic E-state index is 13.5. The van der Waals surface area contributed by atoms with Gasteiger partial charge in [-0.15, -0.1) is 11.3 Å². The predicted molar refractivity (Wildman–Crippen MR) is 130 cm³/mol. The minimum absolute atomic E-state index is 0.0560. The highest BCUT2D eigenvalue weighted by atomic mass is 32.1. The van der Waals surface area contributed by atoms with E-state index in [4.69, 9.17) is 0 Å². The second kappa shape index (κ2) is 8.56. The van der Waals surface area contributed by atoms with Crippen LogP contribution < -0.4 is 10.2 Å². The number of nitrogens with one attached hydrogen (secondary N) is 1. The van der Waals surface area contributed by atoms with Gasteiger partial charge in [0.15, 0.2) is 0 Å². The first-order valence-electron chi connectivity index (χ1n) is 11.0. The summed E-state index contributed by atoms with van der Waals surface area (Å²) in [6.07, 6.45) is 2.94. The third-order valence-corrected chi connectivity index (χ3v) is 7.54.